The van der Waals surface area contributed by atoms with E-state index in [4.69, 9.17) is 23.7 Å². The third kappa shape index (κ3) is 3.07. The highest BCUT2D eigenvalue weighted by atomic mass is 16.7. The Hall–Kier alpha value is -3.48. The van der Waals surface area contributed by atoms with Crippen LogP contribution in [0.25, 0.3) is 22.0 Å². The molecule has 30 heavy (non-hydrogen) atoms. The number of aromatic nitrogens is 1. The van der Waals surface area contributed by atoms with Crippen LogP contribution in [0.5, 0.6) is 23.0 Å². The van der Waals surface area contributed by atoms with Crippen molar-refractivity contribution in [2.45, 2.75) is 19.9 Å². The summed E-state index contributed by atoms with van der Waals surface area (Å²) >= 11 is 0. The van der Waals surface area contributed by atoms with Gasteiger partial charge in [-0.2, -0.15) is 4.57 Å². The van der Waals surface area contributed by atoms with Crippen molar-refractivity contribution in [3.63, 3.8) is 0 Å². The molecule has 0 amide bonds. The van der Waals surface area contributed by atoms with Crippen molar-refractivity contribution in [2.24, 2.45) is 0 Å². The van der Waals surface area contributed by atoms with Gasteiger partial charge in [-0.05, 0) is 42.1 Å². The van der Waals surface area contributed by atoms with Gasteiger partial charge < -0.3 is 23.7 Å². The number of benzene rings is 2. The summed E-state index contributed by atoms with van der Waals surface area (Å²) in [7, 11) is 1.59. The van der Waals surface area contributed by atoms with Gasteiger partial charge in [0.15, 0.2) is 42.3 Å². The van der Waals surface area contributed by atoms with E-state index in [-0.39, 0.29) is 13.4 Å². The van der Waals surface area contributed by atoms with Crippen LogP contribution in [0.3, 0.4) is 0 Å². The molecule has 0 unspecified atom stereocenters. The van der Waals surface area contributed by atoms with E-state index in [1.807, 2.05) is 12.1 Å². The first-order valence-corrected chi connectivity index (χ1v) is 9.93. The Morgan fingerprint density at radius 3 is 2.80 bits per heavy atom. The molecule has 0 bridgehead atoms. The minimum Gasteiger partial charge on any atom is -0.493 e. The van der Waals surface area contributed by atoms with Crippen molar-refractivity contribution in [1.29, 1.82) is 0 Å². The average Bonchev–Trinajstić information content (AvgIpc) is 3.22. The van der Waals surface area contributed by atoms with Crippen LogP contribution in [0.15, 0.2) is 36.5 Å². The number of hydrogen-bond donors (Lipinski definition) is 0. The maximum Gasteiger partial charge on any atom is 0.344 e. The van der Waals surface area contributed by atoms with Crippen LogP contribution < -0.4 is 23.5 Å². The highest BCUT2D eigenvalue weighted by molar-refractivity contribution is 5.92. The molecule has 7 heteroatoms. The minimum absolute atomic E-state index is 0.169. The molecule has 0 radical (unpaired) electrons. The quantitative estimate of drug-likeness (QED) is 0.478. The highest BCUT2D eigenvalue weighted by Crippen LogP contribution is 2.41. The largest absolute Gasteiger partial charge is 0.493 e. The maximum absolute atomic E-state index is 11.8. The molecular weight excluding hydrogens is 386 g/mol. The third-order valence-corrected chi connectivity index (χ3v) is 5.44. The van der Waals surface area contributed by atoms with Crippen molar-refractivity contribution in [2.75, 3.05) is 27.1 Å². The number of ether oxygens (including phenoxy) is 5. The number of aryl methyl sites for hydroxylation is 2. The van der Waals surface area contributed by atoms with E-state index in [1.54, 1.807) is 14.0 Å². The smallest absolute Gasteiger partial charge is 0.344 e. The van der Waals surface area contributed by atoms with Gasteiger partial charge in [-0.3, -0.25) is 0 Å². The minimum atomic E-state index is -0.410. The summed E-state index contributed by atoms with van der Waals surface area (Å²) < 4.78 is 29.6. The maximum atomic E-state index is 11.8. The first kappa shape index (κ1) is 18.5. The van der Waals surface area contributed by atoms with Crippen LogP contribution in [-0.4, -0.2) is 33.1 Å². The van der Waals surface area contributed by atoms with Crippen molar-refractivity contribution >= 4 is 16.7 Å². The molecule has 3 aromatic rings. The molecule has 7 nitrogen and oxygen atoms in total. The molecule has 0 spiro atoms. The molecule has 0 N–H and O–H groups in total. The van der Waals surface area contributed by atoms with Crippen molar-refractivity contribution in [3.05, 3.63) is 42.1 Å². The zero-order valence-corrected chi connectivity index (χ0v) is 16.9. The van der Waals surface area contributed by atoms with E-state index in [1.165, 1.54) is 5.56 Å². The van der Waals surface area contributed by atoms with Crippen LogP contribution in [0, 0.1) is 0 Å². The average molecular weight is 408 g/mol. The van der Waals surface area contributed by atoms with E-state index in [0.717, 1.165) is 46.5 Å². The molecule has 5 rings (SSSR count). The van der Waals surface area contributed by atoms with Crippen molar-refractivity contribution < 1.29 is 33.0 Å². The summed E-state index contributed by atoms with van der Waals surface area (Å²) in [6, 6.07) is 10.1. The molecule has 1 aromatic heterocycles. The summed E-state index contributed by atoms with van der Waals surface area (Å²) in [6.45, 7) is 3.00. The Morgan fingerprint density at radius 1 is 1.17 bits per heavy atom. The van der Waals surface area contributed by atoms with Gasteiger partial charge in [0.25, 0.3) is 0 Å². The lowest BCUT2D eigenvalue weighted by Crippen LogP contribution is -2.40. The molecular formula is C23H22NO6+. The van der Waals surface area contributed by atoms with Gasteiger partial charge in [0.05, 0.1) is 24.7 Å². The fraction of sp³-hybridized carbons (Fsp3) is 0.304. The van der Waals surface area contributed by atoms with Gasteiger partial charge in [0.2, 0.25) is 12.5 Å². The fourth-order valence-corrected chi connectivity index (χ4v) is 4.04. The van der Waals surface area contributed by atoms with Gasteiger partial charge in [0, 0.05) is 12.5 Å². The Kier molecular flexibility index (Phi) is 4.58. The monoisotopic (exact) mass is 408 g/mol. The van der Waals surface area contributed by atoms with Gasteiger partial charge in [-0.1, -0.05) is 0 Å². The SMILES string of the molecule is CCOC(=O)COc1c(OC)ccc2cc3[n+](cc12)CCc1cc2c(cc1-3)OCO2. The van der Waals surface area contributed by atoms with E-state index >= 15 is 0 Å². The number of carbonyl (C=O) groups excluding carboxylic acids is 1. The van der Waals surface area contributed by atoms with Gasteiger partial charge in [-0.25, -0.2) is 4.79 Å². The first-order chi connectivity index (χ1) is 14.7. The highest BCUT2D eigenvalue weighted by Gasteiger charge is 2.28. The Bertz CT molecular complexity index is 1160. The predicted octanol–water partition coefficient (Wildman–Crippen LogP) is 3.03. The number of esters is 1. The standard InChI is InChI=1S/C23H22NO6/c1-3-27-22(25)12-28-23-17-11-24-7-6-15-9-20-21(30-13-29-20)10-16(15)18(24)8-14(17)4-5-19(23)26-2/h4-5,8-11H,3,6-7,12-13H2,1-2H3/q+1. The van der Waals surface area contributed by atoms with Crippen LogP contribution in [0.1, 0.15) is 12.5 Å². The molecule has 0 atom stereocenters. The first-order valence-electron chi connectivity index (χ1n) is 9.93. The van der Waals surface area contributed by atoms with E-state index in [0.29, 0.717) is 18.1 Å². The molecule has 2 aromatic carbocycles. The molecule has 0 saturated carbocycles. The van der Waals surface area contributed by atoms with Gasteiger partial charge in [-0.15, -0.1) is 0 Å². The second kappa shape index (κ2) is 7.40. The van der Waals surface area contributed by atoms with E-state index < -0.39 is 5.97 Å². The number of rotatable bonds is 5. The molecule has 0 aliphatic carbocycles. The van der Waals surface area contributed by atoms with Gasteiger partial charge >= 0.3 is 5.97 Å². The van der Waals surface area contributed by atoms with Crippen LogP contribution in [0.4, 0.5) is 0 Å². The zero-order valence-electron chi connectivity index (χ0n) is 16.9. The molecule has 0 fully saturated rings. The summed E-state index contributed by atoms with van der Waals surface area (Å²) in [5, 5.41) is 1.87. The normalized spacial score (nSPS) is 13.5. The number of nitrogens with zero attached hydrogens (tertiary/aromatic N) is 1. The predicted molar refractivity (Wildman–Crippen MR) is 108 cm³/mol. The molecule has 2 aliphatic heterocycles. The van der Waals surface area contributed by atoms with E-state index in [9.17, 15) is 4.79 Å². The Morgan fingerprint density at radius 2 is 2.00 bits per heavy atom. The second-order valence-electron chi connectivity index (χ2n) is 7.16. The molecule has 2 aliphatic rings. The lowest BCUT2D eigenvalue weighted by molar-refractivity contribution is -0.686. The lowest BCUT2D eigenvalue weighted by Gasteiger charge is -2.17. The number of pyridine rings is 1. The van der Waals surface area contributed by atoms with Crippen molar-refractivity contribution in [1.82, 2.24) is 0 Å². The van der Waals surface area contributed by atoms with E-state index in [2.05, 4.69) is 29.0 Å². The molecule has 154 valence electrons. The number of fused-ring (bicyclic) bond motifs is 5. The Labute approximate surface area is 173 Å². The molecule has 0 saturated heterocycles. The summed E-state index contributed by atoms with van der Waals surface area (Å²) in [5.74, 6) is 2.28. The topological polar surface area (TPSA) is 67.1 Å². The number of hydrogen-bond acceptors (Lipinski definition) is 6. The van der Waals surface area contributed by atoms with Crippen LogP contribution in [0.2, 0.25) is 0 Å². The summed E-state index contributed by atoms with van der Waals surface area (Å²) in [6.07, 6.45) is 2.94. The zero-order chi connectivity index (χ0) is 20.7. The van der Waals surface area contributed by atoms with Crippen molar-refractivity contribution in [3.8, 4) is 34.3 Å². The third-order valence-electron chi connectivity index (χ3n) is 5.44. The molecule has 3 heterocycles. The van der Waals surface area contributed by atoms with Gasteiger partial charge in [0.1, 0.15) is 0 Å². The summed E-state index contributed by atoms with van der Waals surface area (Å²) in [4.78, 5) is 11.8. The Balaban J connectivity index is 1.60. The number of methoxy groups -OCH3 is 1. The second-order valence-corrected chi connectivity index (χ2v) is 7.16. The summed E-state index contributed by atoms with van der Waals surface area (Å²) in [5.41, 5.74) is 3.48. The fourth-order valence-electron chi connectivity index (χ4n) is 4.04. The lowest BCUT2D eigenvalue weighted by atomic mass is 9.95. The van der Waals surface area contributed by atoms with Crippen LogP contribution >= 0.6 is 0 Å². The van der Waals surface area contributed by atoms with Crippen LogP contribution in [-0.2, 0) is 22.5 Å². The number of carbonyl (C=O) groups is 1.